The number of aromatic nitrogens is 1. The number of halogens is 1. The van der Waals surface area contributed by atoms with E-state index in [9.17, 15) is 4.79 Å². The minimum absolute atomic E-state index is 0. The molecule has 1 fully saturated rings. The molecule has 1 aromatic carbocycles. The van der Waals surface area contributed by atoms with Crippen molar-refractivity contribution in [3.63, 3.8) is 0 Å². The van der Waals surface area contributed by atoms with Crippen LogP contribution in [0.1, 0.15) is 50.7 Å². The number of hydrogen-bond acceptors (Lipinski definition) is 3. The van der Waals surface area contributed by atoms with Gasteiger partial charge in [-0.25, -0.2) is 4.99 Å². The van der Waals surface area contributed by atoms with Crippen molar-refractivity contribution in [2.75, 3.05) is 26.2 Å². The van der Waals surface area contributed by atoms with Crippen LogP contribution in [0.3, 0.4) is 0 Å². The zero-order chi connectivity index (χ0) is 21.9. The number of pyridine rings is 1. The molecule has 1 saturated heterocycles. The quantitative estimate of drug-likeness (QED) is 0.283. The van der Waals surface area contributed by atoms with Gasteiger partial charge < -0.3 is 15.2 Å². The second-order valence-corrected chi connectivity index (χ2v) is 8.20. The highest BCUT2D eigenvalue weighted by Crippen LogP contribution is 2.18. The van der Waals surface area contributed by atoms with Gasteiger partial charge in [-0.3, -0.25) is 9.69 Å². The molecule has 1 unspecified atom stereocenters. The van der Waals surface area contributed by atoms with E-state index in [0.717, 1.165) is 42.8 Å². The SMILES string of the molecule is CCNC(=NCc1ccc(Cn2ccccc2=O)cc1)NCCN1CCCCC1CC.I. The number of hydrogen-bond donors (Lipinski definition) is 2. The fraction of sp³-hybridized carbons (Fsp3) is 0.520. The molecule has 0 aliphatic carbocycles. The number of piperidine rings is 1. The maximum absolute atomic E-state index is 11.9. The minimum Gasteiger partial charge on any atom is -0.357 e. The Bertz CT molecular complexity index is 880. The molecule has 176 valence electrons. The van der Waals surface area contributed by atoms with E-state index in [0.29, 0.717) is 13.1 Å². The third-order valence-corrected chi connectivity index (χ3v) is 5.95. The van der Waals surface area contributed by atoms with Crippen molar-refractivity contribution in [2.24, 2.45) is 4.99 Å². The van der Waals surface area contributed by atoms with E-state index in [2.05, 4.69) is 53.6 Å². The lowest BCUT2D eigenvalue weighted by Gasteiger charge is -2.35. The Balaban J connectivity index is 0.00000363. The summed E-state index contributed by atoms with van der Waals surface area (Å²) in [6, 6.07) is 14.3. The third-order valence-electron chi connectivity index (χ3n) is 5.95. The molecule has 0 spiro atoms. The second kappa shape index (κ2) is 14.3. The van der Waals surface area contributed by atoms with Crippen molar-refractivity contribution in [3.8, 4) is 0 Å². The third kappa shape index (κ3) is 8.24. The van der Waals surface area contributed by atoms with Crippen molar-refractivity contribution in [2.45, 2.75) is 58.7 Å². The van der Waals surface area contributed by atoms with Crippen LogP contribution in [0.5, 0.6) is 0 Å². The van der Waals surface area contributed by atoms with Crippen LogP contribution < -0.4 is 16.2 Å². The van der Waals surface area contributed by atoms with Gasteiger partial charge in [-0.1, -0.05) is 43.7 Å². The fourth-order valence-corrected chi connectivity index (χ4v) is 4.18. The maximum atomic E-state index is 11.9. The molecule has 0 radical (unpaired) electrons. The van der Waals surface area contributed by atoms with Crippen LogP contribution in [0.2, 0.25) is 0 Å². The molecule has 32 heavy (non-hydrogen) atoms. The van der Waals surface area contributed by atoms with Crippen molar-refractivity contribution in [3.05, 3.63) is 70.1 Å². The van der Waals surface area contributed by atoms with E-state index in [1.54, 1.807) is 16.7 Å². The van der Waals surface area contributed by atoms with E-state index in [4.69, 9.17) is 4.99 Å². The first-order valence-electron chi connectivity index (χ1n) is 11.7. The van der Waals surface area contributed by atoms with Crippen LogP contribution in [0.4, 0.5) is 0 Å². The molecule has 1 aliphatic heterocycles. The molecule has 1 aromatic heterocycles. The van der Waals surface area contributed by atoms with Gasteiger partial charge in [0.1, 0.15) is 0 Å². The van der Waals surface area contributed by atoms with E-state index in [1.165, 1.54) is 32.2 Å². The highest BCUT2D eigenvalue weighted by atomic mass is 127. The molecule has 2 heterocycles. The summed E-state index contributed by atoms with van der Waals surface area (Å²) in [4.78, 5) is 19.3. The van der Waals surface area contributed by atoms with Gasteiger partial charge in [-0.15, -0.1) is 24.0 Å². The predicted molar refractivity (Wildman–Crippen MR) is 144 cm³/mol. The Morgan fingerprint density at radius 2 is 1.84 bits per heavy atom. The minimum atomic E-state index is 0. The van der Waals surface area contributed by atoms with Gasteiger partial charge in [0.15, 0.2) is 5.96 Å². The highest BCUT2D eigenvalue weighted by molar-refractivity contribution is 14.0. The molecular formula is C25H38IN5O. The molecule has 7 heteroatoms. The summed E-state index contributed by atoms with van der Waals surface area (Å²) < 4.78 is 1.71. The summed E-state index contributed by atoms with van der Waals surface area (Å²) in [5.41, 5.74) is 2.29. The molecule has 0 amide bonds. The van der Waals surface area contributed by atoms with Crippen molar-refractivity contribution in [1.82, 2.24) is 20.1 Å². The summed E-state index contributed by atoms with van der Waals surface area (Å²) in [6.45, 7) is 9.64. The van der Waals surface area contributed by atoms with Gasteiger partial charge in [0, 0.05) is 37.9 Å². The average molecular weight is 552 g/mol. The molecular weight excluding hydrogens is 513 g/mol. The Morgan fingerprint density at radius 3 is 2.56 bits per heavy atom. The monoisotopic (exact) mass is 551 g/mol. The smallest absolute Gasteiger partial charge is 0.250 e. The Labute approximate surface area is 209 Å². The Hall–Kier alpha value is -1.87. The number of nitrogens with one attached hydrogen (secondary N) is 2. The molecule has 2 N–H and O–H groups in total. The van der Waals surface area contributed by atoms with Crippen molar-refractivity contribution >= 4 is 29.9 Å². The maximum Gasteiger partial charge on any atom is 0.250 e. The molecule has 0 bridgehead atoms. The molecule has 1 atom stereocenters. The summed E-state index contributed by atoms with van der Waals surface area (Å²) in [5.74, 6) is 0.868. The number of guanidine groups is 1. The highest BCUT2D eigenvalue weighted by Gasteiger charge is 2.19. The number of nitrogens with zero attached hydrogens (tertiary/aromatic N) is 3. The number of benzene rings is 1. The molecule has 2 aromatic rings. The van der Waals surface area contributed by atoms with Crippen LogP contribution in [0, 0.1) is 0 Å². The van der Waals surface area contributed by atoms with Gasteiger partial charge in [-0.2, -0.15) is 0 Å². The van der Waals surface area contributed by atoms with E-state index in [1.807, 2.05) is 12.3 Å². The molecule has 6 nitrogen and oxygen atoms in total. The number of likely N-dealkylation sites (tertiary alicyclic amines) is 1. The van der Waals surface area contributed by atoms with Crippen LogP contribution in [-0.2, 0) is 13.1 Å². The zero-order valence-electron chi connectivity index (χ0n) is 19.4. The van der Waals surface area contributed by atoms with E-state index in [-0.39, 0.29) is 29.5 Å². The van der Waals surface area contributed by atoms with Crippen LogP contribution in [-0.4, -0.2) is 47.6 Å². The van der Waals surface area contributed by atoms with Gasteiger partial charge in [0.05, 0.1) is 13.1 Å². The average Bonchev–Trinajstić information content (AvgIpc) is 2.80. The van der Waals surface area contributed by atoms with Gasteiger partial charge >= 0.3 is 0 Å². The standard InChI is InChI=1S/C25H37N5O.HI/c1-3-23-9-5-7-16-29(23)18-15-27-25(26-4-2)28-19-21-11-13-22(14-12-21)20-30-17-8-6-10-24(30)31;/h6,8,10-14,17,23H,3-5,7,9,15-16,18-20H2,1-2H3,(H2,26,27,28);1H. The largest absolute Gasteiger partial charge is 0.357 e. The lowest BCUT2D eigenvalue weighted by molar-refractivity contribution is 0.147. The molecule has 3 rings (SSSR count). The summed E-state index contributed by atoms with van der Waals surface area (Å²) in [7, 11) is 0. The molecule has 0 saturated carbocycles. The van der Waals surface area contributed by atoms with Crippen LogP contribution in [0.15, 0.2) is 58.4 Å². The predicted octanol–water partition coefficient (Wildman–Crippen LogP) is 3.83. The van der Waals surface area contributed by atoms with Crippen molar-refractivity contribution < 1.29 is 0 Å². The number of aliphatic imine (C=N–C) groups is 1. The van der Waals surface area contributed by atoms with Gasteiger partial charge in [0.2, 0.25) is 0 Å². The van der Waals surface area contributed by atoms with Crippen molar-refractivity contribution in [1.29, 1.82) is 0 Å². The van der Waals surface area contributed by atoms with E-state index < -0.39 is 0 Å². The van der Waals surface area contributed by atoms with Crippen LogP contribution in [0.25, 0.3) is 0 Å². The molecule has 1 aliphatic rings. The fourth-order valence-electron chi connectivity index (χ4n) is 4.18. The first kappa shape index (κ1) is 26.4. The first-order chi connectivity index (χ1) is 15.2. The Morgan fingerprint density at radius 1 is 1.06 bits per heavy atom. The Kier molecular flexibility index (Phi) is 11.8. The van der Waals surface area contributed by atoms with E-state index >= 15 is 0 Å². The summed E-state index contributed by atoms with van der Waals surface area (Å²) >= 11 is 0. The normalized spacial score (nSPS) is 16.9. The summed E-state index contributed by atoms with van der Waals surface area (Å²) in [5, 5.41) is 6.84. The van der Waals surface area contributed by atoms with Gasteiger partial charge in [0.25, 0.3) is 5.56 Å². The second-order valence-electron chi connectivity index (χ2n) is 8.20. The first-order valence-corrected chi connectivity index (χ1v) is 11.7. The topological polar surface area (TPSA) is 61.7 Å². The lowest BCUT2D eigenvalue weighted by atomic mass is 10.0. The van der Waals surface area contributed by atoms with Gasteiger partial charge in [-0.05, 0) is 49.9 Å². The number of rotatable bonds is 9. The lowest BCUT2D eigenvalue weighted by Crippen LogP contribution is -2.45. The zero-order valence-corrected chi connectivity index (χ0v) is 21.8. The van der Waals surface area contributed by atoms with Crippen LogP contribution >= 0.6 is 24.0 Å². The summed E-state index contributed by atoms with van der Waals surface area (Å²) in [6.07, 6.45) is 7.08.